The smallest absolute Gasteiger partial charge is 0.242 e. The molecule has 4 nitrogen and oxygen atoms in total. The molecule has 0 spiro atoms. The van der Waals surface area contributed by atoms with Gasteiger partial charge in [-0.05, 0) is 56.0 Å². The molecule has 28 heavy (non-hydrogen) atoms. The van der Waals surface area contributed by atoms with Crippen LogP contribution in [0.2, 0.25) is 5.02 Å². The highest BCUT2D eigenvalue weighted by Crippen LogP contribution is 2.17. The van der Waals surface area contributed by atoms with Gasteiger partial charge in [0.1, 0.15) is 6.04 Å². The maximum Gasteiger partial charge on any atom is 0.242 e. The van der Waals surface area contributed by atoms with Crippen molar-refractivity contribution in [3.63, 3.8) is 0 Å². The van der Waals surface area contributed by atoms with Crippen LogP contribution < -0.4 is 5.32 Å². The molecule has 2 aromatic rings. The van der Waals surface area contributed by atoms with Gasteiger partial charge < -0.3 is 10.2 Å². The summed E-state index contributed by atoms with van der Waals surface area (Å²) in [5, 5.41) is 3.59. The number of benzene rings is 2. The Labute approximate surface area is 172 Å². The lowest BCUT2D eigenvalue weighted by molar-refractivity contribution is -0.140. The summed E-state index contributed by atoms with van der Waals surface area (Å²) in [5.74, 6) is -0.226. The topological polar surface area (TPSA) is 49.4 Å². The van der Waals surface area contributed by atoms with E-state index in [-0.39, 0.29) is 24.3 Å². The van der Waals surface area contributed by atoms with E-state index < -0.39 is 6.04 Å². The highest BCUT2D eigenvalue weighted by molar-refractivity contribution is 6.30. The predicted molar refractivity (Wildman–Crippen MR) is 114 cm³/mol. The van der Waals surface area contributed by atoms with Gasteiger partial charge in [-0.3, -0.25) is 9.59 Å². The number of amides is 2. The minimum Gasteiger partial charge on any atom is -0.352 e. The molecule has 0 aromatic heterocycles. The normalized spacial score (nSPS) is 12.9. The summed E-state index contributed by atoms with van der Waals surface area (Å²) < 4.78 is 0. The zero-order valence-electron chi connectivity index (χ0n) is 17.0. The van der Waals surface area contributed by atoms with Crippen molar-refractivity contribution < 1.29 is 9.59 Å². The minimum absolute atomic E-state index is 0.0643. The Hall–Kier alpha value is -2.33. The lowest BCUT2D eigenvalue weighted by Gasteiger charge is -2.30. The summed E-state index contributed by atoms with van der Waals surface area (Å²) >= 11 is 6.11. The van der Waals surface area contributed by atoms with Gasteiger partial charge in [0.2, 0.25) is 11.8 Å². The summed E-state index contributed by atoms with van der Waals surface area (Å²) in [4.78, 5) is 27.5. The number of aryl methyl sites for hydroxylation is 1. The maximum atomic E-state index is 13.2. The van der Waals surface area contributed by atoms with Crippen molar-refractivity contribution >= 4 is 23.4 Å². The Balaban J connectivity index is 2.25. The lowest BCUT2D eigenvalue weighted by atomic mass is 10.0. The van der Waals surface area contributed by atoms with Crippen molar-refractivity contribution in [2.75, 3.05) is 0 Å². The molecule has 1 N–H and O–H groups in total. The molecule has 0 heterocycles. The summed E-state index contributed by atoms with van der Waals surface area (Å²) in [6, 6.07) is 14.7. The Morgan fingerprint density at radius 2 is 1.82 bits per heavy atom. The molecule has 0 unspecified atom stereocenters. The van der Waals surface area contributed by atoms with E-state index in [0.717, 1.165) is 23.1 Å². The third-order valence-corrected chi connectivity index (χ3v) is 5.25. The molecule has 0 saturated heterocycles. The number of carbonyl (C=O) groups is 2. The fourth-order valence-electron chi connectivity index (χ4n) is 2.95. The first kappa shape index (κ1) is 22.0. The lowest BCUT2D eigenvalue weighted by Crippen LogP contribution is -2.49. The number of hydrogen-bond acceptors (Lipinski definition) is 2. The van der Waals surface area contributed by atoms with Crippen molar-refractivity contribution in [2.24, 2.45) is 0 Å². The van der Waals surface area contributed by atoms with Crippen molar-refractivity contribution in [3.8, 4) is 0 Å². The van der Waals surface area contributed by atoms with E-state index in [4.69, 9.17) is 11.6 Å². The van der Waals surface area contributed by atoms with Gasteiger partial charge in [0.15, 0.2) is 0 Å². The van der Waals surface area contributed by atoms with E-state index in [0.29, 0.717) is 11.6 Å². The van der Waals surface area contributed by atoms with Gasteiger partial charge in [0.05, 0.1) is 6.42 Å². The molecule has 0 saturated carbocycles. The molecule has 2 amide bonds. The molecule has 0 aliphatic carbocycles. The standard InChI is InChI=1S/C23H29ClN2O2/c1-5-17(3)25-23(28)18(4)26(15-19-10-8-12-21(24)13-19)22(27)14-20-11-7-6-9-16(20)2/h6-13,17-18H,5,14-15H2,1-4H3,(H,25,28)/t17-,18+/m1/s1. The van der Waals surface area contributed by atoms with Gasteiger partial charge in [0, 0.05) is 17.6 Å². The predicted octanol–water partition coefficient (Wildman–Crippen LogP) is 4.52. The van der Waals surface area contributed by atoms with Gasteiger partial charge >= 0.3 is 0 Å². The molecular formula is C23H29ClN2O2. The molecule has 2 rings (SSSR count). The number of rotatable bonds is 8. The number of nitrogens with zero attached hydrogens (tertiary/aromatic N) is 1. The van der Waals surface area contributed by atoms with E-state index in [1.807, 2.05) is 63.2 Å². The molecule has 5 heteroatoms. The third-order valence-electron chi connectivity index (χ3n) is 5.01. The van der Waals surface area contributed by atoms with Crippen molar-refractivity contribution in [2.45, 2.75) is 59.2 Å². The number of hydrogen-bond donors (Lipinski definition) is 1. The summed E-state index contributed by atoms with van der Waals surface area (Å²) in [6.07, 6.45) is 1.10. The van der Waals surface area contributed by atoms with E-state index in [2.05, 4.69) is 5.32 Å². The first-order chi connectivity index (χ1) is 13.3. The Bertz CT molecular complexity index is 822. The maximum absolute atomic E-state index is 13.2. The minimum atomic E-state index is -0.579. The van der Waals surface area contributed by atoms with Gasteiger partial charge in [-0.2, -0.15) is 0 Å². The quantitative estimate of drug-likeness (QED) is 0.708. The van der Waals surface area contributed by atoms with Crippen LogP contribution in [0.5, 0.6) is 0 Å². The summed E-state index contributed by atoms with van der Waals surface area (Å²) in [5.41, 5.74) is 2.93. The largest absolute Gasteiger partial charge is 0.352 e. The monoisotopic (exact) mass is 400 g/mol. The zero-order chi connectivity index (χ0) is 20.7. The van der Waals surface area contributed by atoms with Crippen LogP contribution in [0.25, 0.3) is 0 Å². The van der Waals surface area contributed by atoms with Crippen molar-refractivity contribution in [1.29, 1.82) is 0 Å². The number of nitrogens with one attached hydrogen (secondary N) is 1. The Morgan fingerprint density at radius 3 is 2.46 bits per heavy atom. The van der Waals surface area contributed by atoms with Crippen molar-refractivity contribution in [1.82, 2.24) is 10.2 Å². The van der Waals surface area contributed by atoms with Crippen LogP contribution in [-0.4, -0.2) is 28.8 Å². The van der Waals surface area contributed by atoms with Crippen molar-refractivity contribution in [3.05, 3.63) is 70.2 Å². The number of carbonyl (C=O) groups excluding carboxylic acids is 2. The SMILES string of the molecule is CC[C@@H](C)NC(=O)[C@H](C)N(Cc1cccc(Cl)c1)C(=O)Cc1ccccc1C. The van der Waals surface area contributed by atoms with Gasteiger partial charge in [-0.15, -0.1) is 0 Å². The van der Waals surface area contributed by atoms with Crippen LogP contribution in [0.1, 0.15) is 43.9 Å². The molecule has 0 aliphatic rings. The molecule has 0 radical (unpaired) electrons. The molecular weight excluding hydrogens is 372 g/mol. The first-order valence-electron chi connectivity index (χ1n) is 9.70. The molecule has 0 aliphatic heterocycles. The van der Waals surface area contributed by atoms with E-state index in [9.17, 15) is 9.59 Å². The van der Waals surface area contributed by atoms with E-state index in [1.54, 1.807) is 17.9 Å². The summed E-state index contributed by atoms with van der Waals surface area (Å²) in [6.45, 7) is 8.07. The van der Waals surface area contributed by atoms with Crippen LogP contribution in [-0.2, 0) is 22.6 Å². The average molecular weight is 401 g/mol. The second-order valence-electron chi connectivity index (χ2n) is 7.25. The average Bonchev–Trinajstić information content (AvgIpc) is 2.67. The van der Waals surface area contributed by atoms with Gasteiger partial charge in [0.25, 0.3) is 0 Å². The first-order valence-corrected chi connectivity index (χ1v) is 10.1. The number of halogens is 1. The van der Waals surface area contributed by atoms with Gasteiger partial charge in [-0.25, -0.2) is 0 Å². The molecule has 2 atom stereocenters. The highest BCUT2D eigenvalue weighted by Gasteiger charge is 2.27. The van der Waals surface area contributed by atoms with Crippen LogP contribution in [0.4, 0.5) is 0 Å². The third kappa shape index (κ3) is 6.10. The van der Waals surface area contributed by atoms with Crippen LogP contribution in [0, 0.1) is 6.92 Å². The summed E-state index contributed by atoms with van der Waals surface area (Å²) in [7, 11) is 0. The molecule has 150 valence electrons. The highest BCUT2D eigenvalue weighted by atomic mass is 35.5. The van der Waals surface area contributed by atoms with E-state index in [1.165, 1.54) is 0 Å². The van der Waals surface area contributed by atoms with Crippen LogP contribution >= 0.6 is 11.6 Å². The fraction of sp³-hybridized carbons (Fsp3) is 0.391. The fourth-order valence-corrected chi connectivity index (χ4v) is 3.17. The van der Waals surface area contributed by atoms with E-state index >= 15 is 0 Å². The van der Waals surface area contributed by atoms with Gasteiger partial charge in [-0.1, -0.05) is 54.9 Å². The van der Waals surface area contributed by atoms with Crippen LogP contribution in [0.15, 0.2) is 48.5 Å². The second-order valence-corrected chi connectivity index (χ2v) is 7.69. The molecule has 0 bridgehead atoms. The Morgan fingerprint density at radius 1 is 1.11 bits per heavy atom. The second kappa shape index (κ2) is 10.3. The van der Waals surface area contributed by atoms with Crippen LogP contribution in [0.3, 0.4) is 0 Å². The molecule has 0 fully saturated rings. The Kier molecular flexibility index (Phi) is 8.06. The molecule has 2 aromatic carbocycles. The zero-order valence-corrected chi connectivity index (χ0v) is 17.8.